The molecule has 1 aromatic carbocycles. The Balaban J connectivity index is 1.86. The van der Waals surface area contributed by atoms with Crippen molar-refractivity contribution in [2.45, 2.75) is 45.8 Å². The number of hydrogen-bond donors (Lipinski definition) is 0. The van der Waals surface area contributed by atoms with Crippen LogP contribution in [-0.2, 0) is 6.42 Å². The molecule has 0 spiro atoms. The van der Waals surface area contributed by atoms with Crippen LogP contribution in [0.15, 0.2) is 30.3 Å². The van der Waals surface area contributed by atoms with Gasteiger partial charge in [0.2, 0.25) is 0 Å². The monoisotopic (exact) mass is 256 g/mol. The van der Waals surface area contributed by atoms with Crippen LogP contribution in [0, 0.1) is 22.8 Å². The van der Waals surface area contributed by atoms with Crippen LogP contribution in [-0.4, -0.2) is 8.07 Å². The molecule has 0 aliphatic heterocycles. The Morgan fingerprint density at radius 1 is 1.22 bits per heavy atom. The Morgan fingerprint density at radius 2 is 1.89 bits per heavy atom. The average Bonchev–Trinajstić information content (AvgIpc) is 2.97. The Morgan fingerprint density at radius 3 is 2.50 bits per heavy atom. The van der Waals surface area contributed by atoms with Gasteiger partial charge in [-0.15, -0.1) is 11.5 Å². The quantitative estimate of drug-likeness (QED) is 0.551. The molecule has 0 N–H and O–H groups in total. The molecule has 0 radical (unpaired) electrons. The minimum atomic E-state index is -1.20. The second-order valence-corrected chi connectivity index (χ2v) is 11.6. The summed E-state index contributed by atoms with van der Waals surface area (Å²) in [4.78, 5) is 0. The third kappa shape index (κ3) is 3.75. The zero-order valence-corrected chi connectivity index (χ0v) is 13.1. The van der Waals surface area contributed by atoms with E-state index in [-0.39, 0.29) is 0 Å². The highest BCUT2D eigenvalue weighted by molar-refractivity contribution is 6.83. The Kier molecular flexibility index (Phi) is 3.68. The average molecular weight is 256 g/mol. The maximum atomic E-state index is 3.57. The van der Waals surface area contributed by atoms with Gasteiger partial charge in [0, 0.05) is 5.41 Å². The summed E-state index contributed by atoms with van der Waals surface area (Å²) in [6.07, 6.45) is 3.80. The van der Waals surface area contributed by atoms with E-state index in [1.807, 2.05) is 0 Å². The Bertz CT molecular complexity index is 458. The van der Waals surface area contributed by atoms with Crippen molar-refractivity contribution in [3.05, 3.63) is 35.9 Å². The molecule has 96 valence electrons. The van der Waals surface area contributed by atoms with Gasteiger partial charge in [-0.2, -0.15) is 0 Å². The standard InChI is InChI=1S/C17H24Si/c1-17(12-13-18(2,3)4)14-16(17)11-10-15-8-6-5-7-9-15/h5-9,16H,10-11,14H2,1-4H3. The third-order valence-electron chi connectivity index (χ3n) is 3.76. The minimum absolute atomic E-state index is 0.328. The van der Waals surface area contributed by atoms with Gasteiger partial charge in [0.25, 0.3) is 0 Å². The second kappa shape index (κ2) is 4.94. The van der Waals surface area contributed by atoms with E-state index in [9.17, 15) is 0 Å². The van der Waals surface area contributed by atoms with Crippen LogP contribution in [0.4, 0.5) is 0 Å². The molecule has 1 heteroatoms. The van der Waals surface area contributed by atoms with E-state index in [0.717, 1.165) is 5.92 Å². The van der Waals surface area contributed by atoms with Crippen molar-refractivity contribution < 1.29 is 0 Å². The van der Waals surface area contributed by atoms with Crippen LogP contribution in [0.1, 0.15) is 25.3 Å². The lowest BCUT2D eigenvalue weighted by atomic mass is 10.0. The SMILES string of the molecule is CC1(C#C[Si](C)(C)C)CC1CCc1ccccc1. The van der Waals surface area contributed by atoms with Gasteiger partial charge in [-0.05, 0) is 37.7 Å². The second-order valence-electron chi connectivity index (χ2n) is 6.84. The lowest BCUT2D eigenvalue weighted by Crippen LogP contribution is -2.17. The van der Waals surface area contributed by atoms with E-state index in [1.165, 1.54) is 24.8 Å². The zero-order valence-electron chi connectivity index (χ0n) is 12.1. The predicted octanol–water partition coefficient (Wildman–Crippen LogP) is 4.53. The molecule has 0 aromatic heterocycles. The first-order valence-electron chi connectivity index (χ1n) is 6.97. The molecule has 0 amide bonds. The first-order chi connectivity index (χ1) is 8.39. The fourth-order valence-electron chi connectivity index (χ4n) is 2.34. The summed E-state index contributed by atoms with van der Waals surface area (Å²) >= 11 is 0. The van der Waals surface area contributed by atoms with Gasteiger partial charge in [-0.1, -0.05) is 50.0 Å². The smallest absolute Gasteiger partial charge is 0.129 e. The molecule has 1 aromatic rings. The maximum Gasteiger partial charge on any atom is 0.129 e. The van der Waals surface area contributed by atoms with Gasteiger partial charge < -0.3 is 0 Å². The van der Waals surface area contributed by atoms with Crippen molar-refractivity contribution in [2.75, 3.05) is 0 Å². The highest BCUT2D eigenvalue weighted by atomic mass is 28.3. The topological polar surface area (TPSA) is 0 Å². The largest absolute Gasteiger partial charge is 0.131 e. The number of benzene rings is 1. The van der Waals surface area contributed by atoms with Gasteiger partial charge in [-0.3, -0.25) is 0 Å². The molecule has 0 heterocycles. The molecule has 1 saturated carbocycles. The summed E-state index contributed by atoms with van der Waals surface area (Å²) < 4.78 is 0. The lowest BCUT2D eigenvalue weighted by Gasteiger charge is -2.07. The van der Waals surface area contributed by atoms with E-state index >= 15 is 0 Å². The number of hydrogen-bond acceptors (Lipinski definition) is 0. The molecule has 1 aliphatic rings. The number of rotatable bonds is 3. The maximum absolute atomic E-state index is 3.57. The van der Waals surface area contributed by atoms with Crippen LogP contribution >= 0.6 is 0 Å². The van der Waals surface area contributed by atoms with Crippen molar-refractivity contribution in [3.8, 4) is 11.5 Å². The zero-order chi connectivity index (χ0) is 13.2. The van der Waals surface area contributed by atoms with Crippen molar-refractivity contribution in [1.29, 1.82) is 0 Å². The van der Waals surface area contributed by atoms with E-state index in [0.29, 0.717) is 5.41 Å². The van der Waals surface area contributed by atoms with Crippen LogP contribution in [0.2, 0.25) is 19.6 Å². The summed E-state index contributed by atoms with van der Waals surface area (Å²) in [5.74, 6) is 4.39. The first kappa shape index (κ1) is 13.4. The molecule has 0 nitrogen and oxygen atoms in total. The molecule has 0 bridgehead atoms. The van der Waals surface area contributed by atoms with Crippen LogP contribution in [0.3, 0.4) is 0 Å². The van der Waals surface area contributed by atoms with Gasteiger partial charge in [-0.25, -0.2) is 0 Å². The molecule has 2 atom stereocenters. The Labute approximate surface area is 113 Å². The minimum Gasteiger partial charge on any atom is -0.131 e. The molecule has 1 aliphatic carbocycles. The first-order valence-corrected chi connectivity index (χ1v) is 10.5. The summed E-state index contributed by atoms with van der Waals surface area (Å²) in [5, 5.41) is 0. The molecular formula is C17H24Si. The molecule has 1 fully saturated rings. The normalized spacial score (nSPS) is 26.3. The summed E-state index contributed by atoms with van der Waals surface area (Å²) in [7, 11) is -1.20. The number of aryl methyl sites for hydroxylation is 1. The highest BCUT2D eigenvalue weighted by Crippen LogP contribution is 2.54. The van der Waals surface area contributed by atoms with Crippen LogP contribution in [0.5, 0.6) is 0 Å². The Hall–Kier alpha value is -1.00. The van der Waals surface area contributed by atoms with Crippen molar-refractivity contribution >= 4 is 8.07 Å². The summed E-state index contributed by atoms with van der Waals surface area (Å²) in [6.45, 7) is 9.32. The predicted molar refractivity (Wildman–Crippen MR) is 82.1 cm³/mol. The van der Waals surface area contributed by atoms with Crippen molar-refractivity contribution in [3.63, 3.8) is 0 Å². The van der Waals surface area contributed by atoms with E-state index in [1.54, 1.807) is 0 Å². The van der Waals surface area contributed by atoms with E-state index < -0.39 is 8.07 Å². The van der Waals surface area contributed by atoms with Gasteiger partial charge in [0.05, 0.1) is 0 Å². The molecular weight excluding hydrogens is 232 g/mol. The van der Waals surface area contributed by atoms with Gasteiger partial charge in [0.15, 0.2) is 0 Å². The molecule has 2 rings (SSSR count). The van der Waals surface area contributed by atoms with Gasteiger partial charge >= 0.3 is 0 Å². The summed E-state index contributed by atoms with van der Waals surface area (Å²) in [6, 6.07) is 10.8. The van der Waals surface area contributed by atoms with E-state index in [4.69, 9.17) is 0 Å². The van der Waals surface area contributed by atoms with Crippen LogP contribution in [0.25, 0.3) is 0 Å². The molecule has 0 saturated heterocycles. The third-order valence-corrected chi connectivity index (χ3v) is 4.63. The molecule has 18 heavy (non-hydrogen) atoms. The van der Waals surface area contributed by atoms with E-state index in [2.05, 4.69) is 68.4 Å². The van der Waals surface area contributed by atoms with Crippen LogP contribution < -0.4 is 0 Å². The fraction of sp³-hybridized carbons (Fsp3) is 0.529. The lowest BCUT2D eigenvalue weighted by molar-refractivity contribution is 0.603. The van der Waals surface area contributed by atoms with Gasteiger partial charge in [0.1, 0.15) is 8.07 Å². The highest BCUT2D eigenvalue weighted by Gasteiger charge is 2.48. The molecule has 2 unspecified atom stereocenters. The van der Waals surface area contributed by atoms with Crippen molar-refractivity contribution in [1.82, 2.24) is 0 Å². The summed E-state index contributed by atoms with van der Waals surface area (Å²) in [5.41, 5.74) is 5.33. The van der Waals surface area contributed by atoms with Crippen molar-refractivity contribution in [2.24, 2.45) is 11.3 Å². The fourth-order valence-corrected chi connectivity index (χ4v) is 3.00.